The van der Waals surface area contributed by atoms with Crippen LogP contribution in [0, 0.1) is 0 Å². The van der Waals surface area contributed by atoms with Gasteiger partial charge in [0.1, 0.15) is 5.75 Å². The number of rotatable bonds is 6. The third-order valence-corrected chi connectivity index (χ3v) is 4.21. The highest BCUT2D eigenvalue weighted by molar-refractivity contribution is 6.30. The van der Waals surface area contributed by atoms with Gasteiger partial charge in [-0.3, -0.25) is 9.59 Å². The molecule has 0 saturated heterocycles. The van der Waals surface area contributed by atoms with Crippen LogP contribution < -0.4 is 10.1 Å². The Bertz CT molecular complexity index is 922. The number of carbonyl (C=O) groups is 2. The van der Waals surface area contributed by atoms with Gasteiger partial charge < -0.3 is 10.1 Å². The van der Waals surface area contributed by atoms with Crippen LogP contribution in [0.15, 0.2) is 78.9 Å². The van der Waals surface area contributed by atoms with E-state index in [1.54, 1.807) is 67.6 Å². The Hall–Kier alpha value is -3.11. The van der Waals surface area contributed by atoms with E-state index in [4.69, 9.17) is 16.3 Å². The van der Waals surface area contributed by atoms with Crippen LogP contribution in [0.2, 0.25) is 5.02 Å². The van der Waals surface area contributed by atoms with Crippen molar-refractivity contribution in [1.29, 1.82) is 0 Å². The minimum absolute atomic E-state index is 0.0873. The van der Waals surface area contributed by atoms with Gasteiger partial charge in [-0.05, 0) is 55.5 Å². The third-order valence-electron chi connectivity index (χ3n) is 3.96. The summed E-state index contributed by atoms with van der Waals surface area (Å²) >= 11 is 5.83. The van der Waals surface area contributed by atoms with E-state index in [0.717, 1.165) is 0 Å². The molecule has 0 saturated carbocycles. The first-order chi connectivity index (χ1) is 13.0. The van der Waals surface area contributed by atoms with Crippen LogP contribution >= 0.6 is 11.6 Å². The average molecular weight is 380 g/mol. The number of anilines is 1. The highest BCUT2D eigenvalue weighted by Crippen LogP contribution is 2.19. The molecular weight excluding hydrogens is 362 g/mol. The molecule has 5 heteroatoms. The molecule has 1 N–H and O–H groups in total. The molecule has 4 nitrogen and oxygen atoms in total. The van der Waals surface area contributed by atoms with Gasteiger partial charge >= 0.3 is 0 Å². The minimum Gasteiger partial charge on any atom is -0.483 e. The van der Waals surface area contributed by atoms with E-state index in [0.29, 0.717) is 27.6 Å². The van der Waals surface area contributed by atoms with Crippen molar-refractivity contribution >= 4 is 29.0 Å². The molecule has 3 aromatic carbocycles. The van der Waals surface area contributed by atoms with Crippen LogP contribution in [0.4, 0.5) is 5.69 Å². The molecule has 1 unspecified atom stereocenters. The van der Waals surface area contributed by atoms with Gasteiger partial charge in [-0.2, -0.15) is 0 Å². The van der Waals surface area contributed by atoms with E-state index >= 15 is 0 Å². The molecule has 0 radical (unpaired) electrons. The summed E-state index contributed by atoms with van der Waals surface area (Å²) in [6.07, 6.45) is -0.609. The molecule has 0 aromatic heterocycles. The fraction of sp³-hybridized carbons (Fsp3) is 0.0909. The Morgan fingerprint density at radius 2 is 1.48 bits per heavy atom. The lowest BCUT2D eigenvalue weighted by Crippen LogP contribution is -2.23. The Morgan fingerprint density at radius 3 is 2.11 bits per heavy atom. The number of Topliss-reactive ketones (excluding diaryl/α,β-unsaturated/α-hetero) is 1. The lowest BCUT2D eigenvalue weighted by Gasteiger charge is -2.14. The van der Waals surface area contributed by atoms with Gasteiger partial charge in [0.15, 0.2) is 6.10 Å². The molecule has 0 aliphatic heterocycles. The van der Waals surface area contributed by atoms with Crippen molar-refractivity contribution < 1.29 is 14.3 Å². The van der Waals surface area contributed by atoms with E-state index in [9.17, 15) is 9.59 Å². The SMILES string of the molecule is CC(Oc1ccc(NC(=O)c2ccc(Cl)cc2)cc1)C(=O)c1ccccc1. The van der Waals surface area contributed by atoms with Crippen molar-refractivity contribution in [3.05, 3.63) is 95.0 Å². The number of benzene rings is 3. The standard InChI is InChI=1S/C22H18ClNO3/c1-15(21(25)16-5-3-2-4-6-16)27-20-13-11-19(12-14-20)24-22(26)17-7-9-18(23)10-8-17/h2-15H,1H3,(H,24,26). The molecule has 1 atom stereocenters. The van der Waals surface area contributed by atoms with Crippen molar-refractivity contribution in [3.8, 4) is 5.75 Å². The van der Waals surface area contributed by atoms with Gasteiger partial charge in [-0.25, -0.2) is 0 Å². The van der Waals surface area contributed by atoms with Crippen molar-refractivity contribution in [1.82, 2.24) is 0 Å². The zero-order chi connectivity index (χ0) is 19.2. The second-order valence-electron chi connectivity index (χ2n) is 5.98. The molecule has 0 spiro atoms. The van der Waals surface area contributed by atoms with Gasteiger partial charge in [-0.1, -0.05) is 41.9 Å². The maximum atomic E-state index is 12.4. The molecule has 27 heavy (non-hydrogen) atoms. The van der Waals surface area contributed by atoms with Crippen LogP contribution in [-0.2, 0) is 0 Å². The van der Waals surface area contributed by atoms with Gasteiger partial charge in [0, 0.05) is 21.8 Å². The summed E-state index contributed by atoms with van der Waals surface area (Å²) in [5.74, 6) is 0.236. The van der Waals surface area contributed by atoms with Gasteiger partial charge in [0.25, 0.3) is 5.91 Å². The number of halogens is 1. The largest absolute Gasteiger partial charge is 0.483 e. The van der Waals surface area contributed by atoms with E-state index < -0.39 is 6.10 Å². The molecule has 0 fully saturated rings. The number of ketones is 1. The number of amides is 1. The van der Waals surface area contributed by atoms with Gasteiger partial charge in [0.05, 0.1) is 0 Å². The number of hydrogen-bond acceptors (Lipinski definition) is 3. The van der Waals surface area contributed by atoms with Crippen molar-refractivity contribution in [3.63, 3.8) is 0 Å². The molecule has 0 bridgehead atoms. The minimum atomic E-state index is -0.609. The predicted molar refractivity (Wildman–Crippen MR) is 107 cm³/mol. The molecule has 0 aliphatic rings. The zero-order valence-electron chi connectivity index (χ0n) is 14.7. The quantitative estimate of drug-likeness (QED) is 0.595. The maximum Gasteiger partial charge on any atom is 0.255 e. The fourth-order valence-corrected chi connectivity index (χ4v) is 2.64. The third kappa shape index (κ3) is 4.96. The fourth-order valence-electron chi connectivity index (χ4n) is 2.52. The summed E-state index contributed by atoms with van der Waals surface area (Å²) in [5, 5.41) is 3.38. The van der Waals surface area contributed by atoms with Gasteiger partial charge in [0.2, 0.25) is 5.78 Å². The maximum absolute atomic E-state index is 12.4. The first-order valence-electron chi connectivity index (χ1n) is 8.46. The summed E-state index contributed by atoms with van der Waals surface area (Å²) in [5.41, 5.74) is 1.75. The first-order valence-corrected chi connectivity index (χ1v) is 8.83. The number of carbonyl (C=O) groups excluding carboxylic acids is 2. The lowest BCUT2D eigenvalue weighted by molar-refractivity contribution is 0.0818. The van der Waals surface area contributed by atoms with Crippen molar-refractivity contribution in [2.75, 3.05) is 5.32 Å². The Labute approximate surface area is 162 Å². The molecule has 136 valence electrons. The van der Waals surface area contributed by atoms with E-state index in [1.165, 1.54) is 0 Å². The lowest BCUT2D eigenvalue weighted by atomic mass is 10.1. The molecule has 3 aromatic rings. The first kappa shape index (κ1) is 18.7. The summed E-state index contributed by atoms with van der Waals surface area (Å²) in [6.45, 7) is 1.71. The van der Waals surface area contributed by atoms with E-state index in [-0.39, 0.29) is 11.7 Å². The van der Waals surface area contributed by atoms with Crippen LogP contribution in [0.3, 0.4) is 0 Å². The highest BCUT2D eigenvalue weighted by atomic mass is 35.5. The van der Waals surface area contributed by atoms with E-state index in [2.05, 4.69) is 5.32 Å². The normalized spacial score (nSPS) is 11.5. The molecule has 1 amide bonds. The predicted octanol–water partition coefficient (Wildman–Crippen LogP) is 5.24. The second kappa shape index (κ2) is 8.52. The van der Waals surface area contributed by atoms with E-state index in [1.807, 2.05) is 18.2 Å². The number of ether oxygens (including phenoxy) is 1. The van der Waals surface area contributed by atoms with Crippen LogP contribution in [0.25, 0.3) is 0 Å². The van der Waals surface area contributed by atoms with Crippen LogP contribution in [-0.4, -0.2) is 17.8 Å². The molecule has 0 heterocycles. The average Bonchev–Trinajstić information content (AvgIpc) is 2.70. The zero-order valence-corrected chi connectivity index (χ0v) is 15.4. The Kier molecular flexibility index (Phi) is 5.89. The molecule has 3 rings (SSSR count). The summed E-state index contributed by atoms with van der Waals surface area (Å²) in [4.78, 5) is 24.6. The monoisotopic (exact) mass is 379 g/mol. The summed E-state index contributed by atoms with van der Waals surface area (Å²) in [7, 11) is 0. The van der Waals surface area contributed by atoms with Gasteiger partial charge in [-0.15, -0.1) is 0 Å². The van der Waals surface area contributed by atoms with Crippen molar-refractivity contribution in [2.45, 2.75) is 13.0 Å². The Morgan fingerprint density at radius 1 is 0.852 bits per heavy atom. The topological polar surface area (TPSA) is 55.4 Å². The number of hydrogen-bond donors (Lipinski definition) is 1. The Balaban J connectivity index is 1.60. The second-order valence-corrected chi connectivity index (χ2v) is 6.41. The molecule has 0 aliphatic carbocycles. The van der Waals surface area contributed by atoms with Crippen LogP contribution in [0.5, 0.6) is 5.75 Å². The summed E-state index contributed by atoms with van der Waals surface area (Å²) < 4.78 is 5.71. The summed E-state index contributed by atoms with van der Waals surface area (Å²) in [6, 6.07) is 22.5. The number of nitrogens with one attached hydrogen (secondary N) is 1. The van der Waals surface area contributed by atoms with Crippen molar-refractivity contribution in [2.24, 2.45) is 0 Å². The smallest absolute Gasteiger partial charge is 0.255 e. The van der Waals surface area contributed by atoms with Crippen LogP contribution in [0.1, 0.15) is 27.6 Å². The molecular formula is C22H18ClNO3. The highest BCUT2D eigenvalue weighted by Gasteiger charge is 2.16.